The number of aromatic nitrogens is 2. The second-order valence-electron chi connectivity index (χ2n) is 6.71. The lowest BCUT2D eigenvalue weighted by Gasteiger charge is -2.11. The number of carbonyl (C=O) groups is 2. The maximum Gasteiger partial charge on any atom is 0.306 e. The highest BCUT2D eigenvalue weighted by atomic mass is 16.5. The van der Waals surface area contributed by atoms with Crippen LogP contribution in [0.5, 0.6) is 0 Å². The minimum Gasteiger partial charge on any atom is -0.463 e. The largest absolute Gasteiger partial charge is 0.463 e. The smallest absolute Gasteiger partial charge is 0.306 e. The van der Waals surface area contributed by atoms with Crippen LogP contribution in [-0.2, 0) is 27.3 Å². The Morgan fingerprint density at radius 3 is 2.78 bits per heavy atom. The fraction of sp³-hybridized carbons (Fsp3) is 0.706. The number of aryl methyl sites for hydroxylation is 1. The second kappa shape index (κ2) is 7.62. The Kier molecular flexibility index (Phi) is 5.80. The van der Waals surface area contributed by atoms with Crippen molar-refractivity contribution in [2.24, 2.45) is 5.92 Å². The summed E-state index contributed by atoms with van der Waals surface area (Å²) in [6.07, 6.45) is 2.25. The molecular formula is C17H27N3O3. The van der Waals surface area contributed by atoms with Crippen LogP contribution in [0.4, 0.5) is 0 Å². The van der Waals surface area contributed by atoms with Crippen LogP contribution in [0.15, 0.2) is 0 Å². The molecule has 1 aromatic rings. The number of nitrogens with one attached hydrogen (secondary N) is 1. The van der Waals surface area contributed by atoms with Crippen LogP contribution in [0, 0.1) is 19.8 Å². The summed E-state index contributed by atoms with van der Waals surface area (Å²) in [7, 11) is 0. The number of hydrogen-bond acceptors (Lipinski definition) is 4. The molecule has 6 heteroatoms. The molecule has 1 aliphatic heterocycles. The zero-order chi connectivity index (χ0) is 17.0. The quantitative estimate of drug-likeness (QED) is 0.779. The number of esters is 1. The maximum absolute atomic E-state index is 11.9. The van der Waals surface area contributed by atoms with E-state index in [-0.39, 0.29) is 24.5 Å². The van der Waals surface area contributed by atoms with Gasteiger partial charge in [-0.2, -0.15) is 5.10 Å². The van der Waals surface area contributed by atoms with Gasteiger partial charge in [-0.05, 0) is 38.2 Å². The molecule has 2 heterocycles. The van der Waals surface area contributed by atoms with Crippen molar-refractivity contribution in [2.45, 2.75) is 66.0 Å². The molecule has 0 saturated carbocycles. The normalized spacial score (nSPS) is 17.6. The molecule has 0 aromatic carbocycles. The van der Waals surface area contributed by atoms with E-state index in [1.807, 2.05) is 11.6 Å². The van der Waals surface area contributed by atoms with E-state index in [0.29, 0.717) is 25.2 Å². The van der Waals surface area contributed by atoms with Crippen LogP contribution in [0.3, 0.4) is 0 Å². The summed E-state index contributed by atoms with van der Waals surface area (Å²) in [6.45, 7) is 9.52. The van der Waals surface area contributed by atoms with Crippen LogP contribution in [0.1, 0.15) is 50.1 Å². The van der Waals surface area contributed by atoms with Gasteiger partial charge in [-0.15, -0.1) is 0 Å². The van der Waals surface area contributed by atoms with Gasteiger partial charge in [0.1, 0.15) is 6.61 Å². The molecule has 1 aromatic heterocycles. The van der Waals surface area contributed by atoms with Crippen molar-refractivity contribution in [1.82, 2.24) is 15.1 Å². The van der Waals surface area contributed by atoms with Gasteiger partial charge < -0.3 is 10.1 Å². The molecule has 1 unspecified atom stereocenters. The van der Waals surface area contributed by atoms with Gasteiger partial charge in [0.05, 0.1) is 11.7 Å². The number of hydrogen-bond donors (Lipinski definition) is 1. The van der Waals surface area contributed by atoms with Gasteiger partial charge in [-0.25, -0.2) is 0 Å². The summed E-state index contributed by atoms with van der Waals surface area (Å²) in [5.41, 5.74) is 3.25. The minimum atomic E-state index is -0.221. The van der Waals surface area contributed by atoms with Gasteiger partial charge >= 0.3 is 5.97 Å². The molecule has 1 saturated heterocycles. The molecule has 0 bridgehead atoms. The zero-order valence-electron chi connectivity index (χ0n) is 14.5. The summed E-state index contributed by atoms with van der Waals surface area (Å²) in [6, 6.07) is -0.0243. The first kappa shape index (κ1) is 17.5. The number of nitrogens with zero attached hydrogens (tertiary/aromatic N) is 2. The van der Waals surface area contributed by atoms with Crippen molar-refractivity contribution in [2.75, 3.05) is 6.61 Å². The van der Waals surface area contributed by atoms with E-state index in [1.165, 1.54) is 0 Å². The van der Waals surface area contributed by atoms with Gasteiger partial charge in [0.2, 0.25) is 5.91 Å². The molecule has 1 atom stereocenters. The third-order valence-corrected chi connectivity index (χ3v) is 4.18. The lowest BCUT2D eigenvalue weighted by molar-refractivity contribution is -0.144. The molecule has 23 heavy (non-hydrogen) atoms. The molecule has 1 fully saturated rings. The Morgan fingerprint density at radius 2 is 2.17 bits per heavy atom. The van der Waals surface area contributed by atoms with Crippen molar-refractivity contribution in [1.29, 1.82) is 0 Å². The molecule has 1 N–H and O–H groups in total. The number of carbonyl (C=O) groups excluding carboxylic acids is 2. The van der Waals surface area contributed by atoms with E-state index in [1.54, 1.807) is 0 Å². The van der Waals surface area contributed by atoms with Crippen LogP contribution in [0.2, 0.25) is 0 Å². The Balaban J connectivity index is 1.82. The van der Waals surface area contributed by atoms with Crippen LogP contribution >= 0.6 is 0 Å². The average molecular weight is 321 g/mol. The monoisotopic (exact) mass is 321 g/mol. The first-order chi connectivity index (χ1) is 10.9. The van der Waals surface area contributed by atoms with E-state index in [0.717, 1.165) is 29.9 Å². The van der Waals surface area contributed by atoms with Gasteiger partial charge in [-0.3, -0.25) is 14.3 Å². The second-order valence-corrected chi connectivity index (χ2v) is 6.71. The van der Waals surface area contributed by atoms with Crippen molar-refractivity contribution in [3.63, 3.8) is 0 Å². The minimum absolute atomic E-state index is 0.0243. The summed E-state index contributed by atoms with van der Waals surface area (Å²) < 4.78 is 7.29. The van der Waals surface area contributed by atoms with Gasteiger partial charge in [-0.1, -0.05) is 13.8 Å². The van der Waals surface area contributed by atoms with E-state index >= 15 is 0 Å². The highest BCUT2D eigenvalue weighted by molar-refractivity contribution is 5.78. The predicted octanol–water partition coefficient (Wildman–Crippen LogP) is 1.91. The van der Waals surface area contributed by atoms with Crippen molar-refractivity contribution in [3.8, 4) is 0 Å². The first-order valence-electron chi connectivity index (χ1n) is 8.34. The molecule has 1 aliphatic rings. The first-order valence-corrected chi connectivity index (χ1v) is 8.34. The third-order valence-electron chi connectivity index (χ3n) is 4.18. The molecule has 0 spiro atoms. The van der Waals surface area contributed by atoms with Crippen molar-refractivity contribution < 1.29 is 14.3 Å². The Hall–Kier alpha value is -1.85. The molecule has 1 amide bonds. The van der Waals surface area contributed by atoms with Crippen LogP contribution in [-0.4, -0.2) is 34.3 Å². The average Bonchev–Trinajstić information content (AvgIpc) is 2.99. The van der Waals surface area contributed by atoms with Gasteiger partial charge in [0.15, 0.2) is 0 Å². The third kappa shape index (κ3) is 4.81. The lowest BCUT2D eigenvalue weighted by atomic mass is 10.1. The van der Waals surface area contributed by atoms with Crippen molar-refractivity contribution >= 4 is 11.9 Å². The Bertz CT molecular complexity index is 578. The molecular weight excluding hydrogens is 294 g/mol. The Morgan fingerprint density at radius 1 is 1.43 bits per heavy atom. The topological polar surface area (TPSA) is 73.2 Å². The molecule has 0 radical (unpaired) electrons. The lowest BCUT2D eigenvalue weighted by Crippen LogP contribution is -2.30. The predicted molar refractivity (Wildman–Crippen MR) is 87.0 cm³/mol. The summed E-state index contributed by atoms with van der Waals surface area (Å²) in [5, 5.41) is 7.36. The fourth-order valence-corrected chi connectivity index (χ4v) is 2.91. The number of rotatable bonds is 7. The maximum atomic E-state index is 11.9. The fourth-order valence-electron chi connectivity index (χ4n) is 2.91. The van der Waals surface area contributed by atoms with Crippen molar-refractivity contribution in [3.05, 3.63) is 17.0 Å². The molecule has 6 nitrogen and oxygen atoms in total. The van der Waals surface area contributed by atoms with E-state index in [9.17, 15) is 9.59 Å². The van der Waals surface area contributed by atoms with Crippen LogP contribution < -0.4 is 5.32 Å². The van der Waals surface area contributed by atoms with Crippen LogP contribution in [0.25, 0.3) is 0 Å². The van der Waals surface area contributed by atoms with Gasteiger partial charge in [0, 0.05) is 25.1 Å². The summed E-state index contributed by atoms with van der Waals surface area (Å²) in [4.78, 5) is 23.0. The number of amides is 1. The Labute approximate surface area is 137 Å². The molecule has 2 rings (SSSR count). The number of ether oxygens (including phenoxy) is 1. The highest BCUT2D eigenvalue weighted by Crippen LogP contribution is 2.17. The summed E-state index contributed by atoms with van der Waals surface area (Å²) >= 11 is 0. The molecule has 128 valence electrons. The van der Waals surface area contributed by atoms with E-state index in [4.69, 9.17) is 4.74 Å². The molecule has 0 aliphatic carbocycles. The highest BCUT2D eigenvalue weighted by Gasteiger charge is 2.22. The summed E-state index contributed by atoms with van der Waals surface area (Å²) in [5.74, 6) is 0.351. The van der Waals surface area contributed by atoms with Gasteiger partial charge in [0.25, 0.3) is 0 Å². The zero-order valence-corrected chi connectivity index (χ0v) is 14.5. The standard InChI is InChI=1S/C17H27N3O3/c1-11(2)9-20-13(4)15(12(3)19-20)6-8-17(22)23-10-14-5-7-16(21)18-14/h11,14H,5-10H2,1-4H3,(H,18,21). The van der Waals surface area contributed by atoms with E-state index in [2.05, 4.69) is 31.2 Å². The van der Waals surface area contributed by atoms with E-state index < -0.39 is 0 Å². The SMILES string of the molecule is Cc1nn(CC(C)C)c(C)c1CCC(=O)OCC1CCC(=O)N1.